The molecule has 3 N–H and O–H groups in total. The summed E-state index contributed by atoms with van der Waals surface area (Å²) in [6.45, 7) is 6.64. The maximum atomic E-state index is 12.8. The largest absolute Gasteiger partial charge is 0.383 e. The van der Waals surface area contributed by atoms with Crippen LogP contribution < -0.4 is 11.1 Å². The van der Waals surface area contributed by atoms with Gasteiger partial charge in [-0.2, -0.15) is 5.10 Å². The number of hydrogen-bond acceptors (Lipinski definition) is 6. The van der Waals surface area contributed by atoms with Crippen molar-refractivity contribution in [1.29, 1.82) is 0 Å². The number of piperidine rings is 1. The summed E-state index contributed by atoms with van der Waals surface area (Å²) in [5, 5.41) is 7.38. The molecular formula is C21H30ClN7O2. The van der Waals surface area contributed by atoms with Crippen LogP contribution in [0.2, 0.25) is 5.15 Å². The molecule has 0 bridgehead atoms. The third-order valence-electron chi connectivity index (χ3n) is 5.78. The molecule has 3 rings (SSSR count). The van der Waals surface area contributed by atoms with Gasteiger partial charge in [-0.3, -0.25) is 14.3 Å². The van der Waals surface area contributed by atoms with E-state index in [4.69, 9.17) is 17.3 Å². The molecule has 0 radical (unpaired) electrons. The van der Waals surface area contributed by atoms with E-state index >= 15 is 0 Å². The van der Waals surface area contributed by atoms with Crippen LogP contribution >= 0.6 is 11.6 Å². The first-order valence-electron chi connectivity index (χ1n) is 10.5. The normalized spacial score (nSPS) is 15.7. The van der Waals surface area contributed by atoms with Crippen molar-refractivity contribution in [2.75, 3.05) is 18.8 Å². The molecule has 1 fully saturated rings. The van der Waals surface area contributed by atoms with Crippen LogP contribution in [-0.2, 0) is 18.3 Å². The molecular weight excluding hydrogens is 418 g/mol. The van der Waals surface area contributed by atoms with E-state index in [1.54, 1.807) is 27.0 Å². The minimum absolute atomic E-state index is 0.0649. The van der Waals surface area contributed by atoms with Gasteiger partial charge in [0.2, 0.25) is 5.91 Å². The summed E-state index contributed by atoms with van der Waals surface area (Å²) in [7, 11) is 1.71. The summed E-state index contributed by atoms with van der Waals surface area (Å²) in [4.78, 5) is 35.5. The van der Waals surface area contributed by atoms with Crippen LogP contribution in [0, 0.1) is 19.8 Å². The third-order valence-corrected chi connectivity index (χ3v) is 6.09. The fraction of sp³-hybridized carbons (Fsp3) is 0.571. The number of nitrogens with two attached hydrogens (primary N) is 1. The van der Waals surface area contributed by atoms with Gasteiger partial charge in [-0.05, 0) is 58.4 Å². The standard InChI is InChI=1S/C21H30ClN7O2/c1-12-11-17(28(4)27-12)20(30)24-13(2)21(31)29-9-7-15(8-10-29)5-6-16-18(22)25-14(3)26-19(16)23/h11,13,15H,5-10H2,1-4H3,(H,24,30)(H2,23,25,26)/t13-/m0/s1. The molecule has 0 aliphatic carbocycles. The number of amides is 2. The minimum atomic E-state index is -0.595. The van der Waals surface area contributed by atoms with Gasteiger partial charge < -0.3 is 16.0 Å². The summed E-state index contributed by atoms with van der Waals surface area (Å²) in [6.07, 6.45) is 3.44. The number of halogens is 1. The molecule has 2 amide bonds. The van der Waals surface area contributed by atoms with Gasteiger partial charge in [0.05, 0.1) is 5.69 Å². The number of anilines is 1. The van der Waals surface area contributed by atoms with Crippen LogP contribution in [-0.4, -0.2) is 55.6 Å². The predicted molar refractivity (Wildman–Crippen MR) is 119 cm³/mol. The summed E-state index contributed by atoms with van der Waals surface area (Å²) in [6, 6.07) is 1.11. The lowest BCUT2D eigenvalue weighted by molar-refractivity contribution is -0.134. The molecule has 1 aliphatic rings. The van der Waals surface area contributed by atoms with E-state index in [1.807, 2.05) is 11.8 Å². The highest BCUT2D eigenvalue weighted by atomic mass is 35.5. The maximum Gasteiger partial charge on any atom is 0.270 e. The van der Waals surface area contributed by atoms with Gasteiger partial charge in [-0.1, -0.05) is 11.6 Å². The van der Waals surface area contributed by atoms with Crippen molar-refractivity contribution in [2.45, 2.75) is 52.5 Å². The van der Waals surface area contributed by atoms with E-state index in [0.29, 0.717) is 41.5 Å². The first kappa shape index (κ1) is 23.0. The highest BCUT2D eigenvalue weighted by Gasteiger charge is 2.28. The number of hydrogen-bond donors (Lipinski definition) is 2. The predicted octanol–water partition coefficient (Wildman–Crippen LogP) is 2.05. The molecule has 0 spiro atoms. The van der Waals surface area contributed by atoms with E-state index in [0.717, 1.165) is 36.9 Å². The van der Waals surface area contributed by atoms with Gasteiger partial charge >= 0.3 is 0 Å². The molecule has 1 atom stereocenters. The fourth-order valence-electron chi connectivity index (χ4n) is 4.03. The molecule has 0 unspecified atom stereocenters. The highest BCUT2D eigenvalue weighted by molar-refractivity contribution is 6.30. The van der Waals surface area contributed by atoms with Gasteiger partial charge in [0.1, 0.15) is 28.5 Å². The first-order valence-corrected chi connectivity index (χ1v) is 10.9. The number of nitrogens with one attached hydrogen (secondary N) is 1. The van der Waals surface area contributed by atoms with Gasteiger partial charge in [0, 0.05) is 25.7 Å². The molecule has 1 saturated heterocycles. The van der Waals surface area contributed by atoms with E-state index in [-0.39, 0.29) is 11.8 Å². The number of rotatable bonds is 6. The monoisotopic (exact) mass is 447 g/mol. The fourth-order valence-corrected chi connectivity index (χ4v) is 4.35. The maximum absolute atomic E-state index is 12.8. The molecule has 1 aliphatic heterocycles. The van der Waals surface area contributed by atoms with E-state index in [1.165, 1.54) is 4.68 Å². The van der Waals surface area contributed by atoms with Crippen molar-refractivity contribution >= 4 is 29.2 Å². The van der Waals surface area contributed by atoms with Crippen LogP contribution in [0.25, 0.3) is 0 Å². The Hall–Kier alpha value is -2.68. The zero-order valence-corrected chi connectivity index (χ0v) is 19.2. The second-order valence-corrected chi connectivity index (χ2v) is 8.58. The number of likely N-dealkylation sites (tertiary alicyclic amines) is 1. The molecule has 31 heavy (non-hydrogen) atoms. The Morgan fingerprint density at radius 2 is 1.97 bits per heavy atom. The third kappa shape index (κ3) is 5.52. The Bertz CT molecular complexity index is 944. The second kappa shape index (κ2) is 9.64. The highest BCUT2D eigenvalue weighted by Crippen LogP contribution is 2.26. The lowest BCUT2D eigenvalue weighted by Gasteiger charge is -2.33. The number of aryl methyl sites for hydroxylation is 3. The molecule has 9 nitrogen and oxygen atoms in total. The van der Waals surface area contributed by atoms with Crippen molar-refractivity contribution in [3.8, 4) is 0 Å². The molecule has 10 heteroatoms. The van der Waals surface area contributed by atoms with Crippen LogP contribution in [0.5, 0.6) is 0 Å². The Balaban J connectivity index is 1.48. The van der Waals surface area contributed by atoms with Gasteiger partial charge in [-0.15, -0.1) is 0 Å². The summed E-state index contributed by atoms with van der Waals surface area (Å²) in [5.41, 5.74) is 7.99. The van der Waals surface area contributed by atoms with Crippen molar-refractivity contribution in [2.24, 2.45) is 13.0 Å². The van der Waals surface area contributed by atoms with E-state index in [9.17, 15) is 9.59 Å². The number of carbonyl (C=O) groups is 2. The van der Waals surface area contributed by atoms with Crippen LogP contribution in [0.3, 0.4) is 0 Å². The van der Waals surface area contributed by atoms with E-state index < -0.39 is 6.04 Å². The van der Waals surface area contributed by atoms with E-state index in [2.05, 4.69) is 20.4 Å². The topological polar surface area (TPSA) is 119 Å². The molecule has 0 saturated carbocycles. The van der Waals surface area contributed by atoms with Crippen molar-refractivity contribution in [3.63, 3.8) is 0 Å². The quantitative estimate of drug-likeness (QED) is 0.654. The molecule has 168 valence electrons. The molecule has 2 aromatic heterocycles. The number of nitrogen functional groups attached to an aromatic ring is 1. The molecule has 3 heterocycles. The average Bonchev–Trinajstić information content (AvgIpc) is 3.05. The lowest BCUT2D eigenvalue weighted by Crippen LogP contribution is -2.49. The number of aromatic nitrogens is 4. The number of carbonyl (C=O) groups excluding carboxylic acids is 2. The van der Waals surface area contributed by atoms with Crippen molar-refractivity contribution < 1.29 is 9.59 Å². The zero-order chi connectivity index (χ0) is 22.7. The summed E-state index contributed by atoms with van der Waals surface area (Å²) < 4.78 is 1.52. The van der Waals surface area contributed by atoms with Crippen molar-refractivity contribution in [3.05, 3.63) is 34.0 Å². The lowest BCUT2D eigenvalue weighted by atomic mass is 9.90. The zero-order valence-electron chi connectivity index (χ0n) is 18.5. The van der Waals surface area contributed by atoms with Crippen LogP contribution in [0.4, 0.5) is 5.82 Å². The van der Waals surface area contributed by atoms with Crippen LogP contribution in [0.1, 0.15) is 53.8 Å². The molecule has 2 aromatic rings. The van der Waals surface area contributed by atoms with Gasteiger partial charge in [-0.25, -0.2) is 9.97 Å². The smallest absolute Gasteiger partial charge is 0.270 e. The molecule has 0 aromatic carbocycles. The summed E-state index contributed by atoms with van der Waals surface area (Å²) in [5.74, 6) is 1.12. The Kier molecular flexibility index (Phi) is 7.15. The Morgan fingerprint density at radius 3 is 2.55 bits per heavy atom. The minimum Gasteiger partial charge on any atom is -0.383 e. The SMILES string of the molecule is Cc1cc(C(=O)N[C@@H](C)C(=O)N2CCC(CCc3c(N)nc(C)nc3Cl)CC2)n(C)n1. The average molecular weight is 448 g/mol. The summed E-state index contributed by atoms with van der Waals surface area (Å²) >= 11 is 6.22. The van der Waals surface area contributed by atoms with Gasteiger partial charge in [0.15, 0.2) is 0 Å². The second-order valence-electron chi connectivity index (χ2n) is 8.22. The Morgan fingerprint density at radius 1 is 1.29 bits per heavy atom. The Labute approximate surface area is 187 Å². The number of nitrogens with zero attached hydrogens (tertiary/aromatic N) is 5. The van der Waals surface area contributed by atoms with Gasteiger partial charge in [0.25, 0.3) is 5.91 Å². The van der Waals surface area contributed by atoms with Crippen molar-refractivity contribution in [1.82, 2.24) is 30.0 Å². The van der Waals surface area contributed by atoms with Crippen LogP contribution in [0.15, 0.2) is 6.07 Å². The first-order chi connectivity index (χ1) is 14.7.